The first-order chi connectivity index (χ1) is 6.88. The van der Waals surface area contributed by atoms with E-state index in [2.05, 4.69) is 0 Å². The van der Waals surface area contributed by atoms with E-state index in [1.807, 2.05) is 60.7 Å². The van der Waals surface area contributed by atoms with Gasteiger partial charge >= 0.3 is 57.2 Å². The second-order valence-electron chi connectivity index (χ2n) is 2.97. The molecule has 0 fully saturated rings. The summed E-state index contributed by atoms with van der Waals surface area (Å²) in [5.41, 5.74) is 0. The monoisotopic (exact) mass is 354 g/mol. The van der Waals surface area contributed by atoms with Gasteiger partial charge in [0, 0.05) is 0 Å². The van der Waals surface area contributed by atoms with Crippen LogP contribution in [0, 0.1) is 49.4 Å². The summed E-state index contributed by atoms with van der Waals surface area (Å²) in [4.78, 5) is 0. The average molecular weight is 353 g/mol. The third-order valence-corrected chi connectivity index (χ3v) is 3.52. The zero-order chi connectivity index (χ0) is 9.80. The molecule has 0 aliphatic carbocycles. The van der Waals surface area contributed by atoms with Crippen LogP contribution in [0.3, 0.4) is 0 Å². The fourth-order valence-corrected chi connectivity index (χ4v) is 2.46. The topological polar surface area (TPSA) is 17.1 Å². The van der Waals surface area contributed by atoms with Gasteiger partial charge in [0.05, 0.1) is 0 Å². The van der Waals surface area contributed by atoms with Gasteiger partial charge in [0.15, 0.2) is 10.6 Å². The van der Waals surface area contributed by atoms with Crippen molar-refractivity contribution in [2.45, 2.75) is 0 Å². The molecular weight excluding hydrogens is 343 g/mol. The van der Waals surface area contributed by atoms with Gasteiger partial charge in [0.25, 0.3) is 0 Å². The zero-order valence-corrected chi connectivity index (χ0v) is 11.3. The molecule has 0 saturated carbocycles. The van der Waals surface area contributed by atoms with Crippen molar-refractivity contribution in [2.24, 2.45) is 0 Å². The van der Waals surface area contributed by atoms with E-state index >= 15 is 0 Å². The van der Waals surface area contributed by atoms with Crippen molar-refractivity contribution in [1.29, 1.82) is 0 Å². The first kappa shape index (κ1) is 13.2. The Hall–Kier alpha value is 0.124. The van der Waals surface area contributed by atoms with Crippen LogP contribution in [-0.2, 0) is 4.57 Å². The molecular formula is C12H10EuOP+4. The number of hydrogen-bond donors (Lipinski definition) is 0. The SMILES string of the molecule is O=[P+](c1ccccc1)c1ccccc1.[Eu+3]. The van der Waals surface area contributed by atoms with E-state index in [0.717, 1.165) is 10.6 Å². The van der Waals surface area contributed by atoms with E-state index in [1.54, 1.807) is 0 Å². The molecule has 0 N–H and O–H groups in total. The predicted molar refractivity (Wildman–Crippen MR) is 59.8 cm³/mol. The van der Waals surface area contributed by atoms with Gasteiger partial charge in [-0.05, 0) is 24.3 Å². The summed E-state index contributed by atoms with van der Waals surface area (Å²) in [6.45, 7) is 0. The standard InChI is InChI=1S/C12H10OP.Eu/c13-14(11-7-3-1-4-8-11)12-9-5-2-6-10-12;/h1-10H;/q+1;+3. The van der Waals surface area contributed by atoms with Gasteiger partial charge in [0.2, 0.25) is 0 Å². The second-order valence-corrected chi connectivity index (χ2v) is 4.59. The van der Waals surface area contributed by atoms with Crippen LogP contribution >= 0.6 is 7.80 Å². The Morgan fingerprint density at radius 1 is 0.667 bits per heavy atom. The molecule has 72 valence electrons. The summed E-state index contributed by atoms with van der Waals surface area (Å²) in [6, 6.07) is 19.1. The van der Waals surface area contributed by atoms with E-state index in [9.17, 15) is 4.57 Å². The van der Waals surface area contributed by atoms with Crippen molar-refractivity contribution >= 4 is 18.4 Å². The van der Waals surface area contributed by atoms with Crippen molar-refractivity contribution in [2.75, 3.05) is 0 Å². The van der Waals surface area contributed by atoms with Crippen LogP contribution in [0.2, 0.25) is 0 Å². The molecule has 0 bridgehead atoms. The molecule has 0 unspecified atom stereocenters. The van der Waals surface area contributed by atoms with Crippen molar-refractivity contribution in [3.8, 4) is 0 Å². The molecule has 0 spiro atoms. The smallest absolute Gasteiger partial charge is 0.0619 e. The molecule has 0 amide bonds. The largest absolute Gasteiger partial charge is 3.00 e. The van der Waals surface area contributed by atoms with Crippen LogP contribution < -0.4 is 10.6 Å². The zero-order valence-electron chi connectivity index (χ0n) is 8.01. The maximum Gasteiger partial charge on any atom is 3.00 e. The van der Waals surface area contributed by atoms with Gasteiger partial charge in [-0.25, -0.2) is 0 Å². The number of benzene rings is 2. The molecule has 15 heavy (non-hydrogen) atoms. The molecule has 0 radical (unpaired) electrons. The maximum absolute atomic E-state index is 12.0. The molecule has 2 aromatic carbocycles. The van der Waals surface area contributed by atoms with E-state index in [-0.39, 0.29) is 49.4 Å². The van der Waals surface area contributed by atoms with Crippen molar-refractivity contribution in [3.05, 3.63) is 60.7 Å². The van der Waals surface area contributed by atoms with Crippen molar-refractivity contribution < 1.29 is 53.9 Å². The minimum atomic E-state index is -1.42. The summed E-state index contributed by atoms with van der Waals surface area (Å²) in [6.07, 6.45) is 0. The Bertz CT molecular complexity index is 386. The average Bonchev–Trinajstić information content (AvgIpc) is 2.30. The Labute approximate surface area is 131 Å². The first-order valence-corrected chi connectivity index (χ1v) is 5.71. The predicted octanol–water partition coefficient (Wildman–Crippen LogP) is 2.46. The van der Waals surface area contributed by atoms with Crippen LogP contribution in [0.5, 0.6) is 0 Å². The van der Waals surface area contributed by atoms with Gasteiger partial charge in [0.1, 0.15) is 0 Å². The Kier molecular flexibility index (Phi) is 5.85. The summed E-state index contributed by atoms with van der Waals surface area (Å²) >= 11 is 0. The van der Waals surface area contributed by atoms with Gasteiger partial charge in [-0.15, -0.1) is 0 Å². The van der Waals surface area contributed by atoms with E-state index in [0.29, 0.717) is 0 Å². The number of rotatable bonds is 2. The van der Waals surface area contributed by atoms with Crippen LogP contribution in [-0.4, -0.2) is 0 Å². The molecule has 0 saturated heterocycles. The van der Waals surface area contributed by atoms with Gasteiger partial charge < -0.3 is 0 Å². The molecule has 2 rings (SSSR count). The molecule has 0 aromatic heterocycles. The minimum absolute atomic E-state index is 0. The van der Waals surface area contributed by atoms with Gasteiger partial charge in [-0.2, -0.15) is 0 Å². The van der Waals surface area contributed by atoms with Crippen LogP contribution in [0.15, 0.2) is 60.7 Å². The number of hydrogen-bond acceptors (Lipinski definition) is 1. The third-order valence-electron chi connectivity index (χ3n) is 1.98. The van der Waals surface area contributed by atoms with E-state index in [4.69, 9.17) is 0 Å². The fraction of sp³-hybridized carbons (Fsp3) is 0. The summed E-state index contributed by atoms with van der Waals surface area (Å²) in [7, 11) is -1.42. The normalized spacial score (nSPS) is 9.07. The van der Waals surface area contributed by atoms with Crippen LogP contribution in [0.4, 0.5) is 0 Å². The molecule has 0 aliphatic rings. The molecule has 0 heterocycles. The Morgan fingerprint density at radius 2 is 1.00 bits per heavy atom. The minimum Gasteiger partial charge on any atom is -0.0619 e. The first-order valence-electron chi connectivity index (χ1n) is 4.45. The van der Waals surface area contributed by atoms with Crippen LogP contribution in [0.25, 0.3) is 0 Å². The molecule has 2 aromatic rings. The fourth-order valence-electron chi connectivity index (χ4n) is 1.28. The van der Waals surface area contributed by atoms with Gasteiger partial charge in [-0.1, -0.05) is 41.0 Å². The molecule has 3 heteroatoms. The Morgan fingerprint density at radius 3 is 1.33 bits per heavy atom. The summed E-state index contributed by atoms with van der Waals surface area (Å²) in [5.74, 6) is 0. The third kappa shape index (κ3) is 3.57. The van der Waals surface area contributed by atoms with Gasteiger partial charge in [-0.3, -0.25) is 0 Å². The summed E-state index contributed by atoms with van der Waals surface area (Å²) in [5, 5.41) is 1.77. The van der Waals surface area contributed by atoms with E-state index in [1.165, 1.54) is 0 Å². The van der Waals surface area contributed by atoms with Crippen LogP contribution in [0.1, 0.15) is 0 Å². The molecule has 0 aliphatic heterocycles. The summed E-state index contributed by atoms with van der Waals surface area (Å²) < 4.78 is 12.0. The second kappa shape index (κ2) is 6.65. The van der Waals surface area contributed by atoms with E-state index < -0.39 is 7.80 Å². The van der Waals surface area contributed by atoms with Crippen molar-refractivity contribution in [1.82, 2.24) is 0 Å². The molecule has 1 nitrogen and oxygen atoms in total. The maximum atomic E-state index is 12.0. The quantitative estimate of drug-likeness (QED) is 0.759. The van der Waals surface area contributed by atoms with Crippen molar-refractivity contribution in [3.63, 3.8) is 0 Å². The molecule has 0 atom stereocenters. The Balaban J connectivity index is 0.00000112.